The van der Waals surface area contributed by atoms with E-state index in [1.54, 1.807) is 0 Å². The fourth-order valence-corrected chi connectivity index (χ4v) is 8.59. The van der Waals surface area contributed by atoms with Gasteiger partial charge in [0.25, 0.3) is 5.79 Å². The average Bonchev–Trinajstić information content (AvgIpc) is 3.18. The summed E-state index contributed by atoms with van der Waals surface area (Å²) >= 11 is 0. The summed E-state index contributed by atoms with van der Waals surface area (Å²) in [5.74, 6) is -0.0141. The molecular formula is C41H65NO6Si. The highest BCUT2D eigenvalue weighted by Crippen LogP contribution is 2.70. The third kappa shape index (κ3) is 8.99. The molecule has 2 aromatic carbocycles. The second-order valence-corrected chi connectivity index (χ2v) is 19.2. The summed E-state index contributed by atoms with van der Waals surface area (Å²) in [6.45, 7) is 22.4. The molecule has 8 heteroatoms. The fourth-order valence-electron chi connectivity index (χ4n) is 7.86. The molecule has 2 aliphatic rings. The van der Waals surface area contributed by atoms with Crippen LogP contribution >= 0.6 is 0 Å². The van der Waals surface area contributed by atoms with Crippen LogP contribution in [0.5, 0.6) is 5.75 Å². The molecule has 2 heterocycles. The predicted molar refractivity (Wildman–Crippen MR) is 200 cm³/mol. The van der Waals surface area contributed by atoms with Crippen LogP contribution in [0.25, 0.3) is 0 Å². The summed E-state index contributed by atoms with van der Waals surface area (Å²) in [6, 6.07) is 16.7. The summed E-state index contributed by atoms with van der Waals surface area (Å²) < 4.78 is 19.7. The fraction of sp³-hybridized carbons (Fsp3) is 0.683. The van der Waals surface area contributed by atoms with E-state index in [-0.39, 0.29) is 16.7 Å². The molecule has 0 saturated carbocycles. The number of hydrogen-bond donors (Lipinski definition) is 1. The van der Waals surface area contributed by atoms with E-state index in [0.29, 0.717) is 26.2 Å². The van der Waals surface area contributed by atoms with Gasteiger partial charge in [-0.3, -0.25) is 4.79 Å². The van der Waals surface area contributed by atoms with Crippen molar-refractivity contribution in [1.82, 2.24) is 5.32 Å². The van der Waals surface area contributed by atoms with Crippen LogP contribution in [0.15, 0.2) is 48.5 Å². The normalized spacial score (nSPS) is 21.8. The van der Waals surface area contributed by atoms with Crippen molar-refractivity contribution in [2.24, 2.45) is 10.8 Å². The van der Waals surface area contributed by atoms with Crippen molar-refractivity contribution in [1.29, 1.82) is 0 Å². The number of amides is 1. The van der Waals surface area contributed by atoms with Gasteiger partial charge >= 0.3 is 0 Å². The van der Waals surface area contributed by atoms with Gasteiger partial charge in [-0.15, -0.1) is 0 Å². The smallest absolute Gasteiger partial charge is 0.265 e. The number of fused-ring (bicyclic) bond motifs is 1. The Hall–Kier alpha value is -2.23. The zero-order chi connectivity index (χ0) is 35.8. The van der Waals surface area contributed by atoms with Crippen molar-refractivity contribution in [3.05, 3.63) is 65.2 Å². The Kier molecular flexibility index (Phi) is 13.6. The monoisotopic (exact) mass is 695 g/mol. The summed E-state index contributed by atoms with van der Waals surface area (Å²) in [6.07, 6.45) is 10.7. The van der Waals surface area contributed by atoms with Crippen LogP contribution in [0.1, 0.15) is 123 Å². The molecule has 1 amide bonds. The Labute approximate surface area is 298 Å². The topological polar surface area (TPSA) is 75.3 Å². The lowest BCUT2D eigenvalue weighted by atomic mass is 9.57. The number of carbonyl (C=O) groups excluding carboxylic acids is 1. The van der Waals surface area contributed by atoms with E-state index >= 15 is 0 Å². The first-order valence-electron chi connectivity index (χ1n) is 18.9. The van der Waals surface area contributed by atoms with E-state index in [9.17, 15) is 4.79 Å². The highest BCUT2D eigenvalue weighted by Gasteiger charge is 2.82. The number of para-hydroxylation sites is 1. The third-order valence-corrected chi connectivity index (χ3v) is 11.0. The Morgan fingerprint density at radius 3 is 2.12 bits per heavy atom. The van der Waals surface area contributed by atoms with Gasteiger partial charge in [-0.1, -0.05) is 129 Å². The summed E-state index contributed by atoms with van der Waals surface area (Å²) in [7, 11) is -1.44. The Bertz CT molecular complexity index is 1340. The van der Waals surface area contributed by atoms with Gasteiger partial charge in [0.15, 0.2) is 5.60 Å². The van der Waals surface area contributed by atoms with Gasteiger partial charge in [0.2, 0.25) is 14.9 Å². The lowest BCUT2D eigenvalue weighted by Crippen LogP contribution is -2.74. The van der Waals surface area contributed by atoms with Crippen molar-refractivity contribution in [2.75, 3.05) is 26.4 Å². The van der Waals surface area contributed by atoms with Gasteiger partial charge in [0.05, 0.1) is 18.8 Å². The van der Waals surface area contributed by atoms with Crippen molar-refractivity contribution in [3.63, 3.8) is 0 Å². The van der Waals surface area contributed by atoms with E-state index in [1.807, 2.05) is 18.2 Å². The van der Waals surface area contributed by atoms with Crippen LogP contribution in [-0.4, -0.2) is 46.9 Å². The Morgan fingerprint density at radius 1 is 0.857 bits per heavy atom. The van der Waals surface area contributed by atoms with Crippen LogP contribution in [0, 0.1) is 10.8 Å². The van der Waals surface area contributed by atoms with Gasteiger partial charge in [0.1, 0.15) is 5.75 Å². The van der Waals surface area contributed by atoms with Gasteiger partial charge < -0.3 is 19.2 Å². The Morgan fingerprint density at radius 2 is 1.51 bits per heavy atom. The highest BCUT2D eigenvalue weighted by molar-refractivity contribution is 6.49. The van der Waals surface area contributed by atoms with Crippen LogP contribution in [0.3, 0.4) is 0 Å². The second kappa shape index (κ2) is 16.9. The van der Waals surface area contributed by atoms with E-state index in [1.165, 1.54) is 31.2 Å². The average molecular weight is 696 g/mol. The van der Waals surface area contributed by atoms with Gasteiger partial charge in [0, 0.05) is 30.4 Å². The molecule has 49 heavy (non-hydrogen) atoms. The number of benzene rings is 2. The maximum atomic E-state index is 12.1. The molecule has 0 bridgehead atoms. The third-order valence-electron chi connectivity index (χ3n) is 10.3. The SMILES string of the molecule is C[SiH](C)Oc1c(C(C)(C)C)cccc1C12OCC(C)(C)C1(C(C)(C)COCCCCCCCCCCC(=O)NCCc1ccccc1)OO2. The Balaban J connectivity index is 1.19. The quantitative estimate of drug-likeness (QED) is 0.0846. The van der Waals surface area contributed by atoms with Crippen molar-refractivity contribution in [3.8, 4) is 5.75 Å². The number of hydrogen-bond acceptors (Lipinski definition) is 6. The first-order chi connectivity index (χ1) is 23.2. The molecule has 2 aliphatic heterocycles. The highest BCUT2D eigenvalue weighted by atomic mass is 28.3. The van der Waals surface area contributed by atoms with Gasteiger partial charge in [-0.25, -0.2) is 4.89 Å². The molecule has 2 saturated heterocycles. The van der Waals surface area contributed by atoms with Gasteiger partial charge in [-0.05, 0) is 55.0 Å². The molecule has 4 rings (SSSR count). The number of carbonyl (C=O) groups is 1. The minimum absolute atomic E-state index is 0.105. The number of unbranched alkanes of at least 4 members (excludes halogenated alkanes) is 7. The maximum Gasteiger partial charge on any atom is 0.265 e. The second-order valence-electron chi connectivity index (χ2n) is 16.8. The van der Waals surface area contributed by atoms with Crippen LogP contribution < -0.4 is 9.74 Å². The van der Waals surface area contributed by atoms with E-state index in [2.05, 4.69) is 97.2 Å². The van der Waals surface area contributed by atoms with Crippen LogP contribution in [-0.2, 0) is 41.7 Å². The summed E-state index contributed by atoms with van der Waals surface area (Å²) in [5.41, 5.74) is 1.74. The zero-order valence-electron chi connectivity index (χ0n) is 32.0. The molecule has 2 aromatic rings. The van der Waals surface area contributed by atoms with Crippen molar-refractivity contribution >= 4 is 14.9 Å². The number of ether oxygens (including phenoxy) is 2. The van der Waals surface area contributed by atoms with Gasteiger partial charge in [-0.2, -0.15) is 4.89 Å². The molecule has 0 aliphatic carbocycles. The maximum absolute atomic E-state index is 12.1. The molecule has 2 atom stereocenters. The van der Waals surface area contributed by atoms with Crippen LogP contribution in [0.4, 0.5) is 0 Å². The first-order valence-corrected chi connectivity index (χ1v) is 21.6. The minimum atomic E-state index is -1.44. The largest absolute Gasteiger partial charge is 0.546 e. The van der Waals surface area contributed by atoms with E-state index in [0.717, 1.165) is 55.6 Å². The lowest BCUT2D eigenvalue weighted by molar-refractivity contribution is -0.628. The standard InChI is InChI=1S/C41H65NO6Si/c1-37(2,3)33-24-21-25-34(36(33)46-49(8)9)40-41(48-47-40,39(6,7)31-45-40)38(4,5)30-44-29-20-15-13-11-10-12-14-19-26-35(43)42-28-27-32-22-17-16-18-23-32/h16-18,21-25,49H,10-15,19-20,26-31H2,1-9H3,(H,42,43). The number of rotatable bonds is 20. The van der Waals surface area contributed by atoms with Crippen molar-refractivity contribution < 1.29 is 28.5 Å². The first kappa shape index (κ1) is 39.6. The molecule has 0 radical (unpaired) electrons. The van der Waals surface area contributed by atoms with Crippen LogP contribution in [0.2, 0.25) is 13.1 Å². The molecule has 274 valence electrons. The predicted octanol–water partition coefficient (Wildman–Crippen LogP) is 9.17. The molecule has 1 N–H and O–H groups in total. The van der Waals surface area contributed by atoms with E-state index in [4.69, 9.17) is 23.7 Å². The molecule has 2 fully saturated rings. The van der Waals surface area contributed by atoms with E-state index < -0.39 is 25.8 Å². The summed E-state index contributed by atoms with van der Waals surface area (Å²) in [4.78, 5) is 24.5. The minimum Gasteiger partial charge on any atom is -0.546 e. The number of nitrogens with one attached hydrogen (secondary N) is 1. The molecular weight excluding hydrogens is 631 g/mol. The molecule has 7 nitrogen and oxygen atoms in total. The summed E-state index contributed by atoms with van der Waals surface area (Å²) in [5, 5.41) is 3.05. The lowest BCUT2D eigenvalue weighted by Gasteiger charge is -2.61. The molecule has 0 spiro atoms. The zero-order valence-corrected chi connectivity index (χ0v) is 33.2. The molecule has 0 aromatic heterocycles. The van der Waals surface area contributed by atoms with Crippen molar-refractivity contribution in [2.45, 2.75) is 143 Å². The molecule has 2 unspecified atom stereocenters.